The molecule has 0 aliphatic carbocycles. The Hall–Kier alpha value is -2.56. The first-order chi connectivity index (χ1) is 16.4. The van der Waals surface area contributed by atoms with E-state index in [4.69, 9.17) is 16.3 Å². The maximum absolute atomic E-state index is 13.8. The lowest BCUT2D eigenvalue weighted by Crippen LogP contribution is -2.44. The second-order valence-corrected chi connectivity index (χ2v) is 10.5. The number of nitrogens with zero attached hydrogens (tertiary/aromatic N) is 2. The monoisotopic (exact) mass is 476 g/mol. The van der Waals surface area contributed by atoms with E-state index < -0.39 is 0 Å². The molecule has 1 amide bonds. The minimum absolute atomic E-state index is 0.0761. The standard InChI is InChI=1S/C29H33ClN2O2/c1-20(26-18-24(30)17-21-6-4-5-7-25(21)26)32(3)28(33)19-29(11-13-31(2)14-12-29)23-8-9-27-22(16-23)10-15-34-27/h4-9,16-18,20H,10-15,19H2,1-3H3. The first-order valence-corrected chi connectivity index (χ1v) is 12.6. The van der Waals surface area contributed by atoms with E-state index in [-0.39, 0.29) is 17.4 Å². The highest BCUT2D eigenvalue weighted by atomic mass is 35.5. The van der Waals surface area contributed by atoms with Crippen LogP contribution in [0.25, 0.3) is 10.8 Å². The molecule has 0 radical (unpaired) electrons. The summed E-state index contributed by atoms with van der Waals surface area (Å²) in [6.07, 6.45) is 3.43. The average Bonchev–Trinajstić information content (AvgIpc) is 3.32. The Labute approximate surface area is 207 Å². The van der Waals surface area contributed by atoms with Crippen molar-refractivity contribution in [2.24, 2.45) is 0 Å². The third-order valence-electron chi connectivity index (χ3n) is 8.02. The van der Waals surface area contributed by atoms with E-state index in [0.717, 1.165) is 61.0 Å². The quantitative estimate of drug-likeness (QED) is 0.452. The largest absolute Gasteiger partial charge is 0.493 e. The molecule has 0 aromatic heterocycles. The Morgan fingerprint density at radius 1 is 1.15 bits per heavy atom. The van der Waals surface area contributed by atoms with Gasteiger partial charge in [0, 0.05) is 30.3 Å². The van der Waals surface area contributed by atoms with E-state index in [9.17, 15) is 4.79 Å². The minimum Gasteiger partial charge on any atom is -0.493 e. The van der Waals surface area contributed by atoms with Gasteiger partial charge in [-0.2, -0.15) is 0 Å². The minimum atomic E-state index is -0.147. The predicted molar refractivity (Wildman–Crippen MR) is 139 cm³/mol. The molecular weight excluding hydrogens is 444 g/mol. The van der Waals surface area contributed by atoms with Crippen molar-refractivity contribution < 1.29 is 9.53 Å². The molecule has 0 spiro atoms. The third-order valence-corrected chi connectivity index (χ3v) is 8.24. The van der Waals surface area contributed by atoms with Gasteiger partial charge in [-0.15, -0.1) is 0 Å². The second-order valence-electron chi connectivity index (χ2n) is 10.1. The Morgan fingerprint density at radius 3 is 2.71 bits per heavy atom. The lowest BCUT2D eigenvalue weighted by Gasteiger charge is -2.42. The molecule has 2 aliphatic rings. The van der Waals surface area contributed by atoms with Gasteiger partial charge >= 0.3 is 0 Å². The van der Waals surface area contributed by atoms with E-state index in [1.165, 1.54) is 11.1 Å². The zero-order valence-electron chi connectivity index (χ0n) is 20.3. The Bertz CT molecular complexity index is 1220. The second kappa shape index (κ2) is 9.24. The summed E-state index contributed by atoms with van der Waals surface area (Å²) in [7, 11) is 4.10. The summed E-state index contributed by atoms with van der Waals surface area (Å²) in [5.74, 6) is 1.18. The van der Waals surface area contributed by atoms with Crippen LogP contribution in [0.3, 0.4) is 0 Å². The summed E-state index contributed by atoms with van der Waals surface area (Å²) in [6, 6.07) is 18.8. The molecule has 178 valence electrons. The van der Waals surface area contributed by atoms with Gasteiger partial charge in [-0.3, -0.25) is 4.79 Å². The van der Waals surface area contributed by atoms with Crippen LogP contribution in [-0.4, -0.2) is 49.5 Å². The molecule has 1 atom stereocenters. The smallest absolute Gasteiger partial charge is 0.223 e. The van der Waals surface area contributed by atoms with Crippen molar-refractivity contribution in [3.05, 3.63) is 76.3 Å². The van der Waals surface area contributed by atoms with Gasteiger partial charge in [0.05, 0.1) is 12.6 Å². The van der Waals surface area contributed by atoms with Crippen LogP contribution in [0.2, 0.25) is 5.02 Å². The Kier molecular flexibility index (Phi) is 6.30. The molecular formula is C29H33ClN2O2. The van der Waals surface area contributed by atoms with E-state index in [0.29, 0.717) is 11.4 Å². The molecule has 4 nitrogen and oxygen atoms in total. The fraction of sp³-hybridized carbons (Fsp3) is 0.414. The fourth-order valence-electron chi connectivity index (χ4n) is 5.62. The summed E-state index contributed by atoms with van der Waals surface area (Å²) in [4.78, 5) is 18.1. The molecule has 2 aliphatic heterocycles. The fourth-order valence-corrected chi connectivity index (χ4v) is 5.85. The van der Waals surface area contributed by atoms with Crippen molar-refractivity contribution >= 4 is 28.3 Å². The van der Waals surface area contributed by atoms with E-state index in [1.54, 1.807) is 0 Å². The summed E-state index contributed by atoms with van der Waals surface area (Å²) < 4.78 is 5.74. The van der Waals surface area contributed by atoms with Crippen molar-refractivity contribution in [2.75, 3.05) is 33.8 Å². The lowest BCUT2D eigenvalue weighted by molar-refractivity contribution is -0.133. The average molecular weight is 477 g/mol. The number of benzene rings is 3. The summed E-state index contributed by atoms with van der Waals surface area (Å²) >= 11 is 6.45. The van der Waals surface area contributed by atoms with Gasteiger partial charge in [0.1, 0.15) is 5.75 Å². The number of piperidine rings is 1. The first-order valence-electron chi connectivity index (χ1n) is 12.2. The number of halogens is 1. The first kappa shape index (κ1) is 23.2. The summed E-state index contributed by atoms with van der Waals surface area (Å²) in [5.41, 5.74) is 3.50. The molecule has 0 saturated carbocycles. The van der Waals surface area contributed by atoms with Gasteiger partial charge < -0.3 is 14.5 Å². The van der Waals surface area contributed by atoms with Crippen LogP contribution in [0.5, 0.6) is 5.75 Å². The zero-order valence-corrected chi connectivity index (χ0v) is 21.1. The van der Waals surface area contributed by atoms with Gasteiger partial charge in [-0.25, -0.2) is 0 Å². The molecule has 1 saturated heterocycles. The lowest BCUT2D eigenvalue weighted by atomic mass is 9.69. The summed E-state index contributed by atoms with van der Waals surface area (Å²) in [6.45, 7) is 4.85. The molecule has 1 unspecified atom stereocenters. The molecule has 3 aromatic carbocycles. The molecule has 0 bridgehead atoms. The molecule has 3 aromatic rings. The van der Waals surface area contributed by atoms with Crippen LogP contribution >= 0.6 is 11.6 Å². The Balaban J connectivity index is 1.44. The highest BCUT2D eigenvalue weighted by Gasteiger charge is 2.39. The van der Waals surface area contributed by atoms with Crippen molar-refractivity contribution in [3.63, 3.8) is 0 Å². The van der Waals surface area contributed by atoms with Gasteiger partial charge in [0.2, 0.25) is 5.91 Å². The molecule has 2 heterocycles. The molecule has 0 N–H and O–H groups in total. The highest BCUT2D eigenvalue weighted by Crippen LogP contribution is 2.42. The van der Waals surface area contributed by atoms with Crippen molar-refractivity contribution in [3.8, 4) is 5.75 Å². The van der Waals surface area contributed by atoms with Crippen LogP contribution in [0.15, 0.2) is 54.6 Å². The number of amides is 1. The zero-order chi connectivity index (χ0) is 23.9. The van der Waals surface area contributed by atoms with E-state index in [1.807, 2.05) is 36.2 Å². The SMILES string of the molecule is CC(c1cc(Cl)cc2ccccc12)N(C)C(=O)CC1(c2ccc3c(c2)CCO3)CCN(C)CC1. The van der Waals surface area contributed by atoms with Gasteiger partial charge in [0.25, 0.3) is 0 Å². The van der Waals surface area contributed by atoms with E-state index in [2.05, 4.69) is 49.2 Å². The topological polar surface area (TPSA) is 32.8 Å². The van der Waals surface area contributed by atoms with Gasteiger partial charge in [-0.1, -0.05) is 48.0 Å². The number of rotatable bonds is 5. The number of hydrogen-bond acceptors (Lipinski definition) is 3. The maximum Gasteiger partial charge on any atom is 0.223 e. The number of carbonyl (C=O) groups excluding carboxylic acids is 1. The predicted octanol–water partition coefficient (Wildman–Crippen LogP) is 6.00. The third kappa shape index (κ3) is 4.30. The number of ether oxygens (including phenoxy) is 1. The van der Waals surface area contributed by atoms with Crippen LogP contribution in [0, 0.1) is 0 Å². The maximum atomic E-state index is 13.8. The highest BCUT2D eigenvalue weighted by molar-refractivity contribution is 6.31. The molecule has 1 fully saturated rings. The molecule has 5 heteroatoms. The Morgan fingerprint density at radius 2 is 1.91 bits per heavy atom. The van der Waals surface area contributed by atoms with Gasteiger partial charge in [0.15, 0.2) is 0 Å². The number of fused-ring (bicyclic) bond motifs is 2. The molecule has 34 heavy (non-hydrogen) atoms. The normalized spacial score (nSPS) is 18.4. The summed E-state index contributed by atoms with van der Waals surface area (Å²) in [5, 5.41) is 2.95. The number of likely N-dealkylation sites (tertiary alicyclic amines) is 1. The van der Waals surface area contributed by atoms with Crippen molar-refractivity contribution in [2.45, 2.75) is 44.1 Å². The van der Waals surface area contributed by atoms with Crippen molar-refractivity contribution in [1.29, 1.82) is 0 Å². The molecule has 5 rings (SSSR count). The van der Waals surface area contributed by atoms with Gasteiger partial charge in [-0.05, 0) is 85.6 Å². The number of hydrogen-bond donors (Lipinski definition) is 0. The van der Waals surface area contributed by atoms with E-state index >= 15 is 0 Å². The van der Waals surface area contributed by atoms with Crippen LogP contribution in [-0.2, 0) is 16.6 Å². The van der Waals surface area contributed by atoms with Crippen LogP contribution < -0.4 is 4.74 Å². The number of carbonyl (C=O) groups is 1. The van der Waals surface area contributed by atoms with Crippen LogP contribution in [0.4, 0.5) is 0 Å². The van der Waals surface area contributed by atoms with Crippen LogP contribution in [0.1, 0.15) is 48.9 Å². The van der Waals surface area contributed by atoms with Crippen molar-refractivity contribution in [1.82, 2.24) is 9.80 Å².